The summed E-state index contributed by atoms with van der Waals surface area (Å²) >= 11 is -1.85. The molecule has 1 aromatic carbocycles. The number of nitrogens with zero attached hydrogens (tertiary/aromatic N) is 1. The van der Waals surface area contributed by atoms with E-state index >= 15 is 0 Å². The van der Waals surface area contributed by atoms with Crippen molar-refractivity contribution in [2.24, 2.45) is 0 Å². The standard InChI is InChI=1S/C14H22NO.2ClH.Ru/c1-11(2)16-14-8-7-13(9-12(14)3)10-15(4,5)6;;;/h3,7-9,11H,10H2,1-2,4-6H3;2*1H;/q+1;;;+2/p-2. The predicted molar refractivity (Wildman–Crippen MR) is 80.8 cm³/mol. The zero-order valence-corrected chi connectivity index (χ0v) is 15.3. The zero-order valence-electron chi connectivity index (χ0n) is 12.1. The van der Waals surface area contributed by atoms with Gasteiger partial charge in [0.05, 0.1) is 0 Å². The van der Waals surface area contributed by atoms with Crippen molar-refractivity contribution in [1.29, 1.82) is 0 Å². The molecule has 2 nitrogen and oxygen atoms in total. The zero-order chi connectivity index (χ0) is 14.6. The average Bonchev–Trinajstić information content (AvgIpc) is 2.18. The van der Waals surface area contributed by atoms with Crippen molar-refractivity contribution in [3.8, 4) is 5.75 Å². The number of hydrogen-bond donors (Lipinski definition) is 0. The van der Waals surface area contributed by atoms with Gasteiger partial charge in [-0.1, -0.05) is 0 Å². The van der Waals surface area contributed by atoms with Crippen LogP contribution in [-0.4, -0.2) is 36.3 Å². The van der Waals surface area contributed by atoms with Gasteiger partial charge in [0, 0.05) is 0 Å². The molecule has 1 rings (SSSR count). The SMILES string of the molecule is CC(C)Oc1ccc(C[N+](C)(C)C)cc1[CH]=[Ru]([Cl])[Cl]. The van der Waals surface area contributed by atoms with E-state index in [4.69, 9.17) is 24.1 Å². The molecule has 0 fully saturated rings. The Morgan fingerprint density at radius 1 is 1.26 bits per heavy atom. The Hall–Kier alpha value is 0.0534. The van der Waals surface area contributed by atoms with E-state index in [-0.39, 0.29) is 6.10 Å². The van der Waals surface area contributed by atoms with Gasteiger partial charge in [-0.25, -0.2) is 0 Å². The van der Waals surface area contributed by atoms with Crippen molar-refractivity contribution in [2.45, 2.75) is 26.5 Å². The molecule has 0 spiro atoms. The van der Waals surface area contributed by atoms with Crippen LogP contribution in [0, 0.1) is 0 Å². The molecule has 0 amide bonds. The van der Waals surface area contributed by atoms with Crippen molar-refractivity contribution in [1.82, 2.24) is 0 Å². The van der Waals surface area contributed by atoms with Gasteiger partial charge in [0.2, 0.25) is 0 Å². The fourth-order valence-electron chi connectivity index (χ4n) is 1.77. The Kier molecular flexibility index (Phi) is 6.46. The van der Waals surface area contributed by atoms with Crippen LogP contribution in [0.2, 0.25) is 0 Å². The Morgan fingerprint density at radius 2 is 1.89 bits per heavy atom. The van der Waals surface area contributed by atoms with E-state index < -0.39 is 13.5 Å². The van der Waals surface area contributed by atoms with Gasteiger partial charge in [-0.2, -0.15) is 0 Å². The summed E-state index contributed by atoms with van der Waals surface area (Å²) in [6.07, 6.45) is 0.141. The molecule has 0 atom stereocenters. The van der Waals surface area contributed by atoms with Gasteiger partial charge in [0.1, 0.15) is 0 Å². The summed E-state index contributed by atoms with van der Waals surface area (Å²) in [4.78, 5) is 0. The van der Waals surface area contributed by atoms with Gasteiger partial charge >= 0.3 is 129 Å². The third kappa shape index (κ3) is 6.85. The van der Waals surface area contributed by atoms with Crippen LogP contribution >= 0.6 is 19.4 Å². The summed E-state index contributed by atoms with van der Waals surface area (Å²) in [6.45, 7) is 4.99. The number of quaternary nitrogens is 1. The van der Waals surface area contributed by atoms with Crippen LogP contribution < -0.4 is 4.74 Å². The first-order valence-electron chi connectivity index (χ1n) is 6.10. The Bertz CT molecular complexity index is 463. The summed E-state index contributed by atoms with van der Waals surface area (Å²) in [6, 6.07) is 6.26. The number of rotatable bonds is 5. The van der Waals surface area contributed by atoms with E-state index in [1.54, 1.807) is 0 Å². The van der Waals surface area contributed by atoms with Crippen molar-refractivity contribution in [3.63, 3.8) is 0 Å². The molecule has 0 radical (unpaired) electrons. The van der Waals surface area contributed by atoms with Gasteiger partial charge in [0.15, 0.2) is 0 Å². The minimum absolute atomic E-state index is 0.141. The first-order chi connectivity index (χ1) is 8.67. The molecular formula is C14H22Cl2NORu+. The number of halogens is 2. The summed E-state index contributed by atoms with van der Waals surface area (Å²) in [7, 11) is 18.5. The van der Waals surface area contributed by atoms with Crippen LogP contribution in [0.4, 0.5) is 0 Å². The predicted octanol–water partition coefficient (Wildman–Crippen LogP) is 3.76. The quantitative estimate of drug-likeness (QED) is 0.548. The van der Waals surface area contributed by atoms with Crippen LogP contribution in [0.1, 0.15) is 25.0 Å². The number of benzene rings is 1. The van der Waals surface area contributed by atoms with Gasteiger partial charge < -0.3 is 0 Å². The fourth-order valence-corrected chi connectivity index (χ4v) is 3.55. The molecule has 19 heavy (non-hydrogen) atoms. The molecule has 0 saturated heterocycles. The molecule has 0 bridgehead atoms. The maximum absolute atomic E-state index is 6.00. The fraction of sp³-hybridized carbons (Fsp3) is 0.500. The topological polar surface area (TPSA) is 9.23 Å². The maximum atomic E-state index is 6.00. The summed E-state index contributed by atoms with van der Waals surface area (Å²) in [5.41, 5.74) is 2.28. The molecular weight excluding hydrogens is 370 g/mol. The first-order valence-corrected chi connectivity index (χ1v) is 11.6. The second-order valence-electron chi connectivity index (χ2n) is 5.79. The third-order valence-electron chi connectivity index (χ3n) is 2.28. The minimum atomic E-state index is -1.85. The van der Waals surface area contributed by atoms with Crippen LogP contribution in [0.15, 0.2) is 18.2 Å². The molecule has 110 valence electrons. The van der Waals surface area contributed by atoms with Crippen molar-refractivity contribution in [3.05, 3.63) is 29.3 Å². The molecule has 0 aliphatic heterocycles. The van der Waals surface area contributed by atoms with Crippen LogP contribution in [-0.2, 0) is 20.1 Å². The number of ether oxygens (including phenoxy) is 1. The van der Waals surface area contributed by atoms with Crippen molar-refractivity contribution >= 4 is 24.0 Å². The van der Waals surface area contributed by atoms with Gasteiger partial charge in [-0.3, -0.25) is 0 Å². The van der Waals surface area contributed by atoms with E-state index in [1.165, 1.54) is 5.56 Å². The molecule has 0 unspecified atom stereocenters. The summed E-state index contributed by atoms with van der Waals surface area (Å²) < 4.78 is 8.63. The van der Waals surface area contributed by atoms with Crippen LogP contribution in [0.3, 0.4) is 0 Å². The first kappa shape index (κ1) is 17.1. The second kappa shape index (κ2) is 7.17. The van der Waals surface area contributed by atoms with Gasteiger partial charge in [-0.15, -0.1) is 0 Å². The molecule has 0 saturated carbocycles. The summed E-state index contributed by atoms with van der Waals surface area (Å²) in [5.74, 6) is 0.861. The van der Waals surface area contributed by atoms with E-state index in [9.17, 15) is 0 Å². The number of hydrogen-bond acceptors (Lipinski definition) is 1. The molecule has 0 aliphatic carbocycles. The van der Waals surface area contributed by atoms with Gasteiger partial charge in [-0.05, 0) is 0 Å². The van der Waals surface area contributed by atoms with Crippen molar-refractivity contribution in [2.75, 3.05) is 21.1 Å². The normalized spacial score (nSPS) is 12.5. The third-order valence-corrected chi connectivity index (χ3v) is 4.11. The van der Waals surface area contributed by atoms with E-state index in [0.29, 0.717) is 0 Å². The van der Waals surface area contributed by atoms with Crippen LogP contribution in [0.25, 0.3) is 0 Å². The molecule has 5 heteroatoms. The molecule has 0 aromatic heterocycles. The van der Waals surface area contributed by atoms with Crippen molar-refractivity contribution < 1.29 is 22.7 Å². The van der Waals surface area contributed by atoms with E-state index in [2.05, 4.69) is 33.3 Å². The molecule has 1 aromatic rings. The van der Waals surface area contributed by atoms with Crippen LogP contribution in [0.5, 0.6) is 5.75 Å². The Balaban J connectivity index is 3.11. The Morgan fingerprint density at radius 3 is 2.37 bits per heavy atom. The van der Waals surface area contributed by atoms with E-state index in [0.717, 1.165) is 22.3 Å². The Labute approximate surface area is 129 Å². The summed E-state index contributed by atoms with van der Waals surface area (Å²) in [5, 5.41) is 0. The van der Waals surface area contributed by atoms with E-state index in [1.807, 2.05) is 24.5 Å². The molecule has 0 N–H and O–H groups in total. The van der Waals surface area contributed by atoms with Gasteiger partial charge in [0.25, 0.3) is 0 Å². The monoisotopic (exact) mass is 392 g/mol. The second-order valence-corrected chi connectivity index (χ2v) is 11.5. The molecule has 0 heterocycles. The molecule has 0 aliphatic rings. The average molecular weight is 392 g/mol.